The fourth-order valence-electron chi connectivity index (χ4n) is 7.35. The normalized spacial score (nSPS) is 31.7. The number of aryl methyl sites for hydroxylation is 1. The van der Waals surface area contributed by atoms with E-state index in [1.54, 1.807) is 4.90 Å². The highest BCUT2D eigenvalue weighted by atomic mass is 16.7. The number of carbonyl (C=O) groups excluding carboxylic acids is 2. The van der Waals surface area contributed by atoms with Gasteiger partial charge < -0.3 is 29.6 Å². The minimum Gasteiger partial charge on any atom is -0.444 e. The van der Waals surface area contributed by atoms with Crippen molar-refractivity contribution in [3.05, 3.63) is 35.9 Å². The lowest BCUT2D eigenvalue weighted by molar-refractivity contribution is -0.199. The average Bonchev–Trinajstić information content (AvgIpc) is 3.48. The molecule has 2 N–H and O–H groups in total. The first-order valence-electron chi connectivity index (χ1n) is 14.8. The maximum absolute atomic E-state index is 13.2. The highest BCUT2D eigenvalue weighted by Gasteiger charge is 2.68. The third-order valence-electron chi connectivity index (χ3n) is 9.70. The van der Waals surface area contributed by atoms with E-state index >= 15 is 0 Å². The maximum atomic E-state index is 13.2. The van der Waals surface area contributed by atoms with E-state index in [0.717, 1.165) is 25.7 Å². The number of nitrogens with zero attached hydrogens (tertiary/aromatic N) is 1. The second kappa shape index (κ2) is 10.6. The summed E-state index contributed by atoms with van der Waals surface area (Å²) in [5.74, 6) is 0.836. The van der Waals surface area contributed by atoms with Crippen molar-refractivity contribution < 1.29 is 23.6 Å². The zero-order valence-electron chi connectivity index (χ0n) is 24.5. The van der Waals surface area contributed by atoms with Crippen molar-refractivity contribution >= 4 is 19.2 Å². The highest BCUT2D eigenvalue weighted by Crippen LogP contribution is 2.65. The highest BCUT2D eigenvalue weighted by molar-refractivity contribution is 6.47. The molecule has 39 heavy (non-hydrogen) atoms. The smallest absolute Gasteiger partial charge is 0.444 e. The van der Waals surface area contributed by atoms with E-state index in [4.69, 9.17) is 14.0 Å². The van der Waals surface area contributed by atoms with Gasteiger partial charge in [0, 0.05) is 13.1 Å². The standard InChI is InChI=1S/C30H46BN3O5/c1-28(2,3)37-27(36)34-16-10-13-22(34)19-32-26(35)33-25(15-14-20-11-8-7-9-12-20)31-38-24-18-21-17-23(29(21,4)5)30(24,6)39-31/h7-9,11-12,21-25H,10,13-19H2,1-6H3,(H2,32,33,35)/t21-,22-,23-,24+,25-,30-/m0/s1. The maximum Gasteiger partial charge on any atom is 0.481 e. The number of urea groups is 1. The first-order valence-corrected chi connectivity index (χ1v) is 14.8. The number of rotatable bonds is 7. The zero-order chi connectivity index (χ0) is 28.0. The van der Waals surface area contributed by atoms with Gasteiger partial charge in [0.05, 0.1) is 23.7 Å². The molecule has 6 rings (SSSR count). The monoisotopic (exact) mass is 539 g/mol. The number of hydrogen-bond acceptors (Lipinski definition) is 5. The molecule has 214 valence electrons. The van der Waals surface area contributed by atoms with Crippen molar-refractivity contribution in [1.29, 1.82) is 0 Å². The van der Waals surface area contributed by atoms with Crippen molar-refractivity contribution in [2.45, 2.75) is 109 Å². The van der Waals surface area contributed by atoms with Gasteiger partial charge in [-0.3, -0.25) is 0 Å². The number of ether oxygens (including phenoxy) is 1. The van der Waals surface area contributed by atoms with E-state index in [1.807, 2.05) is 39.0 Å². The average molecular weight is 540 g/mol. The Bertz CT molecular complexity index is 1050. The van der Waals surface area contributed by atoms with Crippen molar-refractivity contribution in [3.63, 3.8) is 0 Å². The summed E-state index contributed by atoms with van der Waals surface area (Å²) < 4.78 is 18.9. The molecular weight excluding hydrogens is 493 g/mol. The van der Waals surface area contributed by atoms with Crippen LogP contribution >= 0.6 is 0 Å². The number of hydrogen-bond donors (Lipinski definition) is 2. The quantitative estimate of drug-likeness (QED) is 0.479. The van der Waals surface area contributed by atoms with Crippen molar-refractivity contribution in [3.8, 4) is 0 Å². The van der Waals surface area contributed by atoms with Crippen LogP contribution in [0.2, 0.25) is 0 Å². The third-order valence-corrected chi connectivity index (χ3v) is 9.70. The van der Waals surface area contributed by atoms with Crippen molar-refractivity contribution in [1.82, 2.24) is 15.5 Å². The number of nitrogens with one attached hydrogen (secondary N) is 2. The summed E-state index contributed by atoms with van der Waals surface area (Å²) in [5.41, 5.74) is 0.596. The Balaban J connectivity index is 1.22. The van der Waals surface area contributed by atoms with Gasteiger partial charge in [0.15, 0.2) is 0 Å². The van der Waals surface area contributed by atoms with Crippen LogP contribution in [0.3, 0.4) is 0 Å². The summed E-state index contributed by atoms with van der Waals surface area (Å²) in [6, 6.07) is 9.96. The number of amides is 3. The predicted molar refractivity (Wildman–Crippen MR) is 151 cm³/mol. The Morgan fingerprint density at radius 1 is 1.18 bits per heavy atom. The molecular formula is C30H46BN3O5. The van der Waals surface area contributed by atoms with E-state index in [2.05, 4.69) is 43.5 Å². The molecule has 0 aromatic heterocycles. The van der Waals surface area contributed by atoms with Crippen LogP contribution in [0, 0.1) is 17.3 Å². The Labute approximate surface area is 234 Å². The van der Waals surface area contributed by atoms with Gasteiger partial charge in [-0.05, 0) is 89.0 Å². The van der Waals surface area contributed by atoms with Crippen LogP contribution in [0.4, 0.5) is 9.59 Å². The molecule has 1 aromatic rings. The zero-order valence-corrected chi connectivity index (χ0v) is 24.5. The largest absolute Gasteiger partial charge is 0.481 e. The molecule has 0 radical (unpaired) electrons. The van der Waals surface area contributed by atoms with Crippen LogP contribution < -0.4 is 10.6 Å². The van der Waals surface area contributed by atoms with Crippen LogP contribution in [-0.2, 0) is 20.5 Å². The summed E-state index contributed by atoms with van der Waals surface area (Å²) in [4.78, 5) is 27.6. The lowest BCUT2D eigenvalue weighted by Crippen LogP contribution is -2.65. The van der Waals surface area contributed by atoms with Gasteiger partial charge in [-0.25, -0.2) is 9.59 Å². The fourth-order valence-corrected chi connectivity index (χ4v) is 7.35. The first kappa shape index (κ1) is 28.3. The van der Waals surface area contributed by atoms with E-state index in [1.165, 1.54) is 12.0 Å². The van der Waals surface area contributed by atoms with Crippen molar-refractivity contribution in [2.24, 2.45) is 17.3 Å². The van der Waals surface area contributed by atoms with Gasteiger partial charge in [0.25, 0.3) is 0 Å². The Kier molecular flexibility index (Phi) is 7.70. The summed E-state index contributed by atoms with van der Waals surface area (Å²) in [5, 5.41) is 6.19. The molecule has 3 amide bonds. The molecule has 2 bridgehead atoms. The molecule has 2 saturated heterocycles. The SMILES string of the molecule is CC(C)(C)OC(=O)N1CCC[C@H]1CNC(=O)N[C@@H](CCc1ccccc1)B1O[C@@H]2C[C@@H]3C[C@@H](C3(C)C)[C@]2(C)O1. The summed E-state index contributed by atoms with van der Waals surface area (Å²) in [6.45, 7) is 13.5. The second-order valence-electron chi connectivity index (χ2n) is 13.8. The number of carbonyl (C=O) groups is 2. The topological polar surface area (TPSA) is 89.1 Å². The van der Waals surface area contributed by atoms with Gasteiger partial charge >= 0.3 is 19.2 Å². The van der Waals surface area contributed by atoms with Crippen molar-refractivity contribution in [2.75, 3.05) is 13.1 Å². The lowest BCUT2D eigenvalue weighted by atomic mass is 9.43. The molecule has 0 spiro atoms. The lowest BCUT2D eigenvalue weighted by Gasteiger charge is -2.64. The molecule has 2 aliphatic heterocycles. The number of likely N-dealkylation sites (tertiary alicyclic amines) is 1. The molecule has 2 heterocycles. The van der Waals surface area contributed by atoms with E-state index in [9.17, 15) is 9.59 Å². The molecule has 3 aliphatic carbocycles. The van der Waals surface area contributed by atoms with E-state index in [0.29, 0.717) is 31.3 Å². The summed E-state index contributed by atoms with van der Waals surface area (Å²) >= 11 is 0. The molecule has 5 aliphatic rings. The Morgan fingerprint density at radius 2 is 1.92 bits per heavy atom. The molecule has 0 unspecified atom stereocenters. The Morgan fingerprint density at radius 3 is 2.62 bits per heavy atom. The second-order valence-corrected chi connectivity index (χ2v) is 13.8. The summed E-state index contributed by atoms with van der Waals surface area (Å²) in [6.07, 6.45) is 5.19. The summed E-state index contributed by atoms with van der Waals surface area (Å²) in [7, 11) is -0.491. The fraction of sp³-hybridized carbons (Fsp3) is 0.733. The van der Waals surface area contributed by atoms with E-state index < -0.39 is 12.7 Å². The minimum absolute atomic E-state index is 0.0595. The molecule has 5 fully saturated rings. The van der Waals surface area contributed by atoms with Crippen LogP contribution in [-0.4, -0.2) is 66.5 Å². The van der Waals surface area contributed by atoms with Gasteiger partial charge in [-0.1, -0.05) is 44.2 Å². The first-order chi connectivity index (χ1) is 18.4. The van der Waals surface area contributed by atoms with Gasteiger partial charge in [-0.2, -0.15) is 0 Å². The molecule has 9 heteroatoms. The van der Waals surface area contributed by atoms with Crippen LogP contribution in [0.15, 0.2) is 30.3 Å². The minimum atomic E-state index is -0.550. The Hall–Kier alpha value is -2.26. The number of benzene rings is 1. The predicted octanol–water partition coefficient (Wildman–Crippen LogP) is 4.95. The molecule has 8 nitrogen and oxygen atoms in total. The van der Waals surface area contributed by atoms with Gasteiger partial charge in [-0.15, -0.1) is 0 Å². The van der Waals surface area contributed by atoms with Gasteiger partial charge in [0.2, 0.25) is 0 Å². The third kappa shape index (κ3) is 5.80. The van der Waals surface area contributed by atoms with Crippen LogP contribution in [0.5, 0.6) is 0 Å². The van der Waals surface area contributed by atoms with Gasteiger partial charge in [0.1, 0.15) is 5.60 Å². The van der Waals surface area contributed by atoms with Crippen LogP contribution in [0.1, 0.15) is 79.2 Å². The molecule has 6 atom stereocenters. The van der Waals surface area contributed by atoms with E-state index in [-0.39, 0.29) is 41.2 Å². The molecule has 1 aromatic carbocycles. The van der Waals surface area contributed by atoms with Crippen LogP contribution in [0.25, 0.3) is 0 Å². The molecule has 3 saturated carbocycles.